The molecule has 0 heterocycles. The molecule has 5 aromatic carbocycles. The van der Waals surface area contributed by atoms with Gasteiger partial charge in [-0.3, -0.25) is 4.99 Å². The van der Waals surface area contributed by atoms with Crippen molar-refractivity contribution in [2.45, 2.75) is 65.2 Å². The molecule has 0 unspecified atom stereocenters. The highest BCUT2D eigenvalue weighted by atomic mass is 14.6. The number of allylic oxidation sites excluding steroid dienone is 12. The van der Waals surface area contributed by atoms with E-state index in [2.05, 4.69) is 151 Å². The number of rotatable bonds is 3. The van der Waals surface area contributed by atoms with Gasteiger partial charge in [0.1, 0.15) is 0 Å². The molecule has 0 N–H and O–H groups in total. The predicted molar refractivity (Wildman–Crippen MR) is 251 cm³/mol. The third-order valence-corrected chi connectivity index (χ3v) is 12.2. The lowest BCUT2D eigenvalue weighted by Gasteiger charge is -2.33. The maximum absolute atomic E-state index is 3.76. The van der Waals surface area contributed by atoms with Gasteiger partial charge in [0.05, 0.1) is 5.41 Å². The molecule has 0 fully saturated rings. The average Bonchev–Trinajstić information content (AvgIpc) is 4.05. The Hall–Kier alpha value is -6.27. The van der Waals surface area contributed by atoms with Crippen LogP contribution in [-0.4, -0.2) is 13.3 Å². The standard InChI is InChI=1S/C32H22.C16H14.C7H11N.C2H6/c1-2-10-21-20(9-1)19-26-22(21)17-18-30-31(26)25-13-5-8-16-29(25)32(30)27-14-6-3-11-23(27)24-12-4-7-15-28(24)32;1-12-5-7-14(8-6-12)16-10-9-13-3-2-4-15(13)11-16;1-3-4-5-6-7-8-2;1-2/h1-7,9-15,17-18H,8,16,19H2;3-5,7,9-11H,6,8H2,1H3;3-7H,1-2H3;1-2H3/b;;4-3-,6-5-,8-7?;. The number of benzene rings is 5. The van der Waals surface area contributed by atoms with Crippen LogP contribution >= 0.6 is 0 Å². The highest BCUT2D eigenvalue weighted by molar-refractivity contribution is 6.00. The van der Waals surface area contributed by atoms with Crippen molar-refractivity contribution in [1.82, 2.24) is 0 Å². The molecule has 1 nitrogen and oxygen atoms in total. The van der Waals surface area contributed by atoms with Gasteiger partial charge in [-0.05, 0) is 159 Å². The van der Waals surface area contributed by atoms with Crippen molar-refractivity contribution in [2.24, 2.45) is 4.99 Å². The van der Waals surface area contributed by atoms with Crippen LogP contribution in [0.1, 0.15) is 103 Å². The van der Waals surface area contributed by atoms with E-state index < -0.39 is 0 Å². The van der Waals surface area contributed by atoms with Gasteiger partial charge in [0.2, 0.25) is 0 Å². The molecular weight excluding hydrogens is 699 g/mol. The fraction of sp³-hybridized carbons (Fsp3) is 0.193. The summed E-state index contributed by atoms with van der Waals surface area (Å²) in [6, 6.07) is 38.8. The van der Waals surface area contributed by atoms with Crippen molar-refractivity contribution in [3.63, 3.8) is 0 Å². The number of aliphatic imine (C=N–C) groups is 1. The van der Waals surface area contributed by atoms with Crippen LogP contribution in [0.4, 0.5) is 0 Å². The van der Waals surface area contributed by atoms with E-state index in [0.29, 0.717) is 0 Å². The Morgan fingerprint density at radius 1 is 0.672 bits per heavy atom. The Kier molecular flexibility index (Phi) is 11.4. The molecule has 286 valence electrons. The Morgan fingerprint density at radius 2 is 1.40 bits per heavy atom. The summed E-state index contributed by atoms with van der Waals surface area (Å²) in [4.78, 5) is 3.76. The van der Waals surface area contributed by atoms with E-state index in [1.165, 1.54) is 95.5 Å². The molecule has 0 aliphatic heterocycles. The molecule has 11 rings (SSSR count). The van der Waals surface area contributed by atoms with Crippen molar-refractivity contribution >= 4 is 29.5 Å². The molecule has 0 saturated heterocycles. The first-order valence-electron chi connectivity index (χ1n) is 21.1. The monoisotopic (exact) mass is 751 g/mol. The Balaban J connectivity index is 0.000000151. The first-order valence-corrected chi connectivity index (χ1v) is 21.1. The van der Waals surface area contributed by atoms with Crippen molar-refractivity contribution in [2.75, 3.05) is 7.05 Å². The normalized spacial score (nSPS) is 16.3. The summed E-state index contributed by atoms with van der Waals surface area (Å²) in [5, 5.41) is 0. The van der Waals surface area contributed by atoms with Gasteiger partial charge in [-0.2, -0.15) is 0 Å². The number of hydrogen-bond donors (Lipinski definition) is 0. The molecule has 0 amide bonds. The predicted octanol–water partition coefficient (Wildman–Crippen LogP) is 15.0. The van der Waals surface area contributed by atoms with Gasteiger partial charge >= 0.3 is 0 Å². The molecule has 0 atom stereocenters. The third kappa shape index (κ3) is 6.70. The van der Waals surface area contributed by atoms with Crippen LogP contribution in [0.3, 0.4) is 0 Å². The van der Waals surface area contributed by atoms with Crippen molar-refractivity contribution in [1.29, 1.82) is 0 Å². The van der Waals surface area contributed by atoms with Crippen LogP contribution in [0, 0.1) is 0 Å². The van der Waals surface area contributed by atoms with Gasteiger partial charge < -0.3 is 0 Å². The second kappa shape index (κ2) is 17.1. The topological polar surface area (TPSA) is 12.4 Å². The quantitative estimate of drug-likeness (QED) is 0.0968. The SMILES string of the molecule is C/C=C\C=C/C=NC.C1=CC2=C(CC1)C1(c3ccccc3-c3ccccc31)c1ccc3c(c12)Cc1ccccc1-3.CC.CC1=CC=C(c2ccc3c(c2)C=C=C3)CC1. The van der Waals surface area contributed by atoms with Gasteiger partial charge in [-0.25, -0.2) is 0 Å². The Labute approximate surface area is 346 Å². The fourth-order valence-electron chi connectivity index (χ4n) is 9.68. The minimum absolute atomic E-state index is 0.146. The summed E-state index contributed by atoms with van der Waals surface area (Å²) in [6.45, 7) is 8.18. The summed E-state index contributed by atoms with van der Waals surface area (Å²) in [6.07, 6.45) is 28.6. The van der Waals surface area contributed by atoms with Crippen molar-refractivity contribution < 1.29 is 0 Å². The van der Waals surface area contributed by atoms with E-state index in [0.717, 1.165) is 25.7 Å². The van der Waals surface area contributed by atoms with Gasteiger partial charge in [-0.1, -0.05) is 159 Å². The minimum atomic E-state index is -0.146. The summed E-state index contributed by atoms with van der Waals surface area (Å²) in [5.74, 6) is 0. The molecule has 1 heteroatoms. The largest absolute Gasteiger partial charge is 0.297 e. The molecule has 58 heavy (non-hydrogen) atoms. The zero-order chi connectivity index (χ0) is 40.1. The van der Waals surface area contributed by atoms with Crippen LogP contribution < -0.4 is 0 Å². The Bertz CT molecular complexity index is 2610. The molecule has 1 spiro atoms. The van der Waals surface area contributed by atoms with Crippen LogP contribution in [0.2, 0.25) is 0 Å². The van der Waals surface area contributed by atoms with E-state index in [-0.39, 0.29) is 5.41 Å². The van der Waals surface area contributed by atoms with E-state index in [9.17, 15) is 0 Å². The molecule has 0 aromatic heterocycles. The summed E-state index contributed by atoms with van der Waals surface area (Å²) in [5.41, 5.74) is 27.6. The maximum Gasteiger partial charge on any atom is 0.0688 e. The highest BCUT2D eigenvalue weighted by Crippen LogP contribution is 2.64. The van der Waals surface area contributed by atoms with Crippen LogP contribution in [0.5, 0.6) is 0 Å². The zero-order valence-corrected chi connectivity index (χ0v) is 34.6. The zero-order valence-electron chi connectivity index (χ0n) is 34.6. The molecular formula is C57H53N. The smallest absolute Gasteiger partial charge is 0.0688 e. The average molecular weight is 752 g/mol. The molecule has 0 bridgehead atoms. The fourth-order valence-corrected chi connectivity index (χ4v) is 9.68. The molecule has 0 radical (unpaired) electrons. The number of nitrogens with zero attached hydrogens (tertiary/aromatic N) is 1. The van der Waals surface area contributed by atoms with Gasteiger partial charge in [0.15, 0.2) is 0 Å². The van der Waals surface area contributed by atoms with Crippen LogP contribution in [0.15, 0.2) is 174 Å². The van der Waals surface area contributed by atoms with Crippen LogP contribution in [0.25, 0.3) is 45.6 Å². The van der Waals surface area contributed by atoms with Crippen molar-refractivity contribution in [3.05, 3.63) is 219 Å². The molecule has 5 aromatic rings. The van der Waals surface area contributed by atoms with Gasteiger partial charge in [0.25, 0.3) is 0 Å². The first-order chi connectivity index (χ1) is 28.6. The molecule has 6 aliphatic rings. The third-order valence-electron chi connectivity index (χ3n) is 12.2. The second-order valence-electron chi connectivity index (χ2n) is 15.3. The first kappa shape index (κ1) is 38.6. The summed E-state index contributed by atoms with van der Waals surface area (Å²) >= 11 is 0. The van der Waals surface area contributed by atoms with E-state index >= 15 is 0 Å². The van der Waals surface area contributed by atoms with Crippen molar-refractivity contribution in [3.8, 4) is 22.3 Å². The number of hydrogen-bond acceptors (Lipinski definition) is 1. The highest BCUT2D eigenvalue weighted by Gasteiger charge is 2.53. The molecule has 0 saturated carbocycles. The lowest BCUT2D eigenvalue weighted by Crippen LogP contribution is -2.27. The van der Waals surface area contributed by atoms with Gasteiger partial charge in [0, 0.05) is 13.3 Å². The minimum Gasteiger partial charge on any atom is -0.297 e. The molecule has 6 aliphatic carbocycles. The van der Waals surface area contributed by atoms with Gasteiger partial charge in [-0.15, -0.1) is 5.73 Å². The lowest BCUT2D eigenvalue weighted by molar-refractivity contribution is 0.714. The van der Waals surface area contributed by atoms with E-state index in [1.807, 2.05) is 51.2 Å². The van der Waals surface area contributed by atoms with E-state index in [1.54, 1.807) is 18.8 Å². The van der Waals surface area contributed by atoms with Crippen LogP contribution in [-0.2, 0) is 11.8 Å². The maximum atomic E-state index is 3.76. The lowest BCUT2D eigenvalue weighted by atomic mass is 9.68. The number of fused-ring (bicyclic) bond motifs is 14. The summed E-state index contributed by atoms with van der Waals surface area (Å²) < 4.78 is 0. The van der Waals surface area contributed by atoms with E-state index in [4.69, 9.17) is 0 Å². The second-order valence-corrected chi connectivity index (χ2v) is 15.3. The Morgan fingerprint density at radius 3 is 2.12 bits per heavy atom. The summed E-state index contributed by atoms with van der Waals surface area (Å²) in [7, 11) is 1.75.